The third-order valence-corrected chi connectivity index (χ3v) is 6.65. The third-order valence-electron chi connectivity index (χ3n) is 6.65. The molecule has 166 valence electrons. The van der Waals surface area contributed by atoms with Crippen LogP contribution in [0.3, 0.4) is 0 Å². The molecule has 0 aromatic heterocycles. The lowest BCUT2D eigenvalue weighted by molar-refractivity contribution is -0.142. The second-order valence-corrected chi connectivity index (χ2v) is 8.61. The van der Waals surface area contributed by atoms with Gasteiger partial charge in [0.05, 0.1) is 19.8 Å². The molecule has 2 heterocycles. The normalized spacial score (nSPS) is 19.0. The summed E-state index contributed by atoms with van der Waals surface area (Å²) < 4.78 is 11.5. The van der Waals surface area contributed by atoms with Gasteiger partial charge in [0.15, 0.2) is 0 Å². The molecule has 1 aromatic rings. The van der Waals surface area contributed by atoms with E-state index in [2.05, 4.69) is 13.8 Å². The van der Waals surface area contributed by atoms with Crippen molar-refractivity contribution in [1.82, 2.24) is 9.80 Å². The smallest absolute Gasteiger partial charge is 0.225 e. The number of rotatable bonds is 8. The minimum Gasteiger partial charge on any atom is -0.493 e. The number of hydrogen-bond acceptors (Lipinski definition) is 4. The first-order valence-corrected chi connectivity index (χ1v) is 11.4. The van der Waals surface area contributed by atoms with Gasteiger partial charge in [0, 0.05) is 43.9 Å². The van der Waals surface area contributed by atoms with Crippen LogP contribution in [0.2, 0.25) is 0 Å². The van der Waals surface area contributed by atoms with Crippen LogP contribution in [0.5, 0.6) is 5.75 Å². The van der Waals surface area contributed by atoms with Gasteiger partial charge in [0.2, 0.25) is 11.8 Å². The van der Waals surface area contributed by atoms with Crippen LogP contribution >= 0.6 is 0 Å². The lowest BCUT2D eigenvalue weighted by Crippen LogP contribution is -2.50. The van der Waals surface area contributed by atoms with E-state index in [1.807, 2.05) is 40.1 Å². The van der Waals surface area contributed by atoms with E-state index in [-0.39, 0.29) is 23.1 Å². The summed E-state index contributed by atoms with van der Waals surface area (Å²) in [5.41, 5.74) is -0.240. The monoisotopic (exact) mass is 416 g/mol. The number of benzene rings is 1. The van der Waals surface area contributed by atoms with E-state index in [0.717, 1.165) is 31.4 Å². The molecule has 0 N–H and O–H groups in total. The molecular weight excluding hydrogens is 380 g/mol. The van der Waals surface area contributed by atoms with Gasteiger partial charge in [-0.15, -0.1) is 0 Å². The van der Waals surface area contributed by atoms with Crippen LogP contribution < -0.4 is 4.74 Å². The first kappa shape index (κ1) is 22.6. The number of ether oxygens (including phenoxy) is 2. The average Bonchev–Trinajstić information content (AvgIpc) is 2.80. The number of para-hydroxylation sites is 1. The van der Waals surface area contributed by atoms with Crippen LogP contribution in [-0.2, 0) is 14.3 Å². The van der Waals surface area contributed by atoms with Crippen LogP contribution in [0.15, 0.2) is 30.3 Å². The van der Waals surface area contributed by atoms with Crippen molar-refractivity contribution in [2.45, 2.75) is 46.0 Å². The van der Waals surface area contributed by atoms with Crippen LogP contribution in [0.1, 0.15) is 46.0 Å². The molecule has 30 heavy (non-hydrogen) atoms. The molecule has 2 amide bonds. The van der Waals surface area contributed by atoms with Crippen LogP contribution in [0, 0.1) is 11.3 Å². The molecule has 2 saturated heterocycles. The van der Waals surface area contributed by atoms with Gasteiger partial charge in [0.25, 0.3) is 0 Å². The van der Waals surface area contributed by atoms with Crippen LogP contribution in [-0.4, -0.2) is 67.6 Å². The van der Waals surface area contributed by atoms with Gasteiger partial charge in [-0.05, 0) is 37.8 Å². The molecular formula is C24H36N2O4. The Morgan fingerprint density at radius 1 is 1.00 bits per heavy atom. The van der Waals surface area contributed by atoms with Gasteiger partial charge in [-0.1, -0.05) is 32.0 Å². The Morgan fingerprint density at radius 3 is 2.23 bits per heavy atom. The Balaban J connectivity index is 1.67. The molecule has 0 spiro atoms. The quantitative estimate of drug-likeness (QED) is 0.652. The summed E-state index contributed by atoms with van der Waals surface area (Å²) in [6, 6.07) is 9.77. The first-order valence-electron chi connectivity index (χ1n) is 11.4. The van der Waals surface area contributed by atoms with E-state index < -0.39 is 0 Å². The maximum atomic E-state index is 13.0. The summed E-state index contributed by atoms with van der Waals surface area (Å²) in [4.78, 5) is 29.8. The van der Waals surface area contributed by atoms with Gasteiger partial charge in [-0.3, -0.25) is 9.59 Å². The topological polar surface area (TPSA) is 59.1 Å². The lowest BCUT2D eigenvalue weighted by atomic mass is 9.75. The van der Waals surface area contributed by atoms with Crippen molar-refractivity contribution in [3.05, 3.63) is 30.3 Å². The van der Waals surface area contributed by atoms with E-state index in [9.17, 15) is 9.59 Å². The molecule has 0 saturated carbocycles. The predicted molar refractivity (Wildman–Crippen MR) is 116 cm³/mol. The van der Waals surface area contributed by atoms with Crippen molar-refractivity contribution in [2.75, 3.05) is 46.0 Å². The van der Waals surface area contributed by atoms with Gasteiger partial charge >= 0.3 is 0 Å². The molecule has 0 unspecified atom stereocenters. The zero-order valence-electron chi connectivity index (χ0n) is 18.5. The van der Waals surface area contributed by atoms with E-state index in [1.54, 1.807) is 0 Å². The Hall–Kier alpha value is -2.08. The van der Waals surface area contributed by atoms with Crippen molar-refractivity contribution >= 4 is 11.8 Å². The van der Waals surface area contributed by atoms with Crippen molar-refractivity contribution in [1.29, 1.82) is 0 Å². The summed E-state index contributed by atoms with van der Waals surface area (Å²) in [6.07, 6.45) is 3.81. The summed E-state index contributed by atoms with van der Waals surface area (Å²) >= 11 is 0. The summed E-state index contributed by atoms with van der Waals surface area (Å²) in [5, 5.41) is 0. The number of carbonyl (C=O) groups is 2. The van der Waals surface area contributed by atoms with E-state index >= 15 is 0 Å². The number of carbonyl (C=O) groups excluding carboxylic acids is 2. The van der Waals surface area contributed by atoms with Gasteiger partial charge in [-0.2, -0.15) is 0 Å². The van der Waals surface area contributed by atoms with Gasteiger partial charge < -0.3 is 19.3 Å². The maximum Gasteiger partial charge on any atom is 0.225 e. The highest BCUT2D eigenvalue weighted by Gasteiger charge is 2.40. The highest BCUT2D eigenvalue weighted by atomic mass is 16.5. The van der Waals surface area contributed by atoms with Gasteiger partial charge in [-0.25, -0.2) is 0 Å². The summed E-state index contributed by atoms with van der Waals surface area (Å²) in [6.45, 7) is 8.59. The van der Waals surface area contributed by atoms with Crippen molar-refractivity contribution in [2.24, 2.45) is 11.3 Å². The fraction of sp³-hybridized carbons (Fsp3) is 0.667. The highest BCUT2D eigenvalue weighted by molar-refractivity contribution is 5.79. The first-order chi connectivity index (χ1) is 14.6. The van der Waals surface area contributed by atoms with Crippen molar-refractivity contribution in [3.8, 4) is 5.75 Å². The van der Waals surface area contributed by atoms with Crippen LogP contribution in [0.25, 0.3) is 0 Å². The molecule has 6 nitrogen and oxygen atoms in total. The molecule has 2 aliphatic rings. The maximum absolute atomic E-state index is 13.0. The zero-order valence-corrected chi connectivity index (χ0v) is 18.5. The summed E-state index contributed by atoms with van der Waals surface area (Å²) in [5.74, 6) is 1.37. The third kappa shape index (κ3) is 5.75. The molecule has 2 aliphatic heterocycles. The van der Waals surface area contributed by atoms with Gasteiger partial charge in [0.1, 0.15) is 5.75 Å². The largest absolute Gasteiger partial charge is 0.493 e. The van der Waals surface area contributed by atoms with Crippen molar-refractivity contribution in [3.63, 3.8) is 0 Å². The fourth-order valence-electron chi connectivity index (χ4n) is 4.47. The molecule has 2 fully saturated rings. The number of morpholine rings is 1. The van der Waals surface area contributed by atoms with E-state index in [4.69, 9.17) is 9.47 Å². The Kier molecular flexibility index (Phi) is 8.14. The molecule has 0 aliphatic carbocycles. The minimum absolute atomic E-state index is 0.105. The number of likely N-dealkylation sites (tertiary alicyclic amines) is 1. The average molecular weight is 417 g/mol. The number of amides is 2. The predicted octanol–water partition coefficient (Wildman–Crippen LogP) is 3.36. The number of piperidine rings is 1. The molecule has 1 aromatic carbocycles. The van der Waals surface area contributed by atoms with E-state index in [1.165, 1.54) is 0 Å². The van der Waals surface area contributed by atoms with E-state index in [0.29, 0.717) is 52.4 Å². The lowest BCUT2D eigenvalue weighted by Gasteiger charge is -2.43. The second kappa shape index (κ2) is 10.8. The molecule has 0 atom stereocenters. The standard InChI is InChI=1S/C24H36N2O4/c1-3-20(4-2)23(28)26-12-10-24(11-13-26,19-30-21-8-6-5-7-9-21)18-22(27)25-14-16-29-17-15-25/h5-9,20H,3-4,10-19H2,1-2H3. The molecule has 0 radical (unpaired) electrons. The minimum atomic E-state index is -0.240. The second-order valence-electron chi connectivity index (χ2n) is 8.61. The Bertz CT molecular complexity index is 676. The molecule has 0 bridgehead atoms. The number of nitrogens with zero attached hydrogens (tertiary/aromatic N) is 2. The highest BCUT2D eigenvalue weighted by Crippen LogP contribution is 2.37. The van der Waals surface area contributed by atoms with Crippen molar-refractivity contribution < 1.29 is 19.1 Å². The zero-order chi connectivity index (χ0) is 21.4. The van der Waals surface area contributed by atoms with Crippen LogP contribution in [0.4, 0.5) is 0 Å². The fourth-order valence-corrected chi connectivity index (χ4v) is 4.47. The number of hydrogen-bond donors (Lipinski definition) is 0. The molecule has 3 rings (SSSR count). The Labute approximate surface area is 180 Å². The Morgan fingerprint density at radius 2 is 1.63 bits per heavy atom. The molecule has 6 heteroatoms. The SMILES string of the molecule is CCC(CC)C(=O)N1CCC(COc2ccccc2)(CC(=O)N2CCOCC2)CC1. The summed E-state index contributed by atoms with van der Waals surface area (Å²) in [7, 11) is 0.